The molecule has 2 aliphatic heterocycles. The van der Waals surface area contributed by atoms with Gasteiger partial charge in [-0.1, -0.05) is 30.3 Å². The number of piperidine rings is 1. The fourth-order valence-corrected chi connectivity index (χ4v) is 3.98. The van der Waals surface area contributed by atoms with Crippen LogP contribution in [0.3, 0.4) is 0 Å². The lowest BCUT2D eigenvalue weighted by Gasteiger charge is -2.33. The molecular weight excluding hydrogens is 326 g/mol. The number of amides is 2. The molecule has 2 fully saturated rings. The van der Waals surface area contributed by atoms with Crippen LogP contribution in [0.15, 0.2) is 30.3 Å². The average Bonchev–Trinajstić information content (AvgIpc) is 3.15. The summed E-state index contributed by atoms with van der Waals surface area (Å²) in [7, 11) is 0. The van der Waals surface area contributed by atoms with Gasteiger partial charge in [0.2, 0.25) is 5.91 Å². The van der Waals surface area contributed by atoms with E-state index in [1.807, 2.05) is 35.2 Å². The summed E-state index contributed by atoms with van der Waals surface area (Å²) in [5.41, 5.74) is 0.944. The van der Waals surface area contributed by atoms with E-state index in [0.717, 1.165) is 36.7 Å². The average molecular weight is 349 g/mol. The summed E-state index contributed by atoms with van der Waals surface area (Å²) in [5, 5.41) is 6.14. The van der Waals surface area contributed by atoms with Gasteiger partial charge in [0.15, 0.2) is 0 Å². The lowest BCUT2D eigenvalue weighted by molar-refractivity contribution is -0.135. The molecule has 0 radical (unpaired) electrons. The van der Waals surface area contributed by atoms with Crippen LogP contribution in [-0.2, 0) is 16.1 Å². The number of carbonyl (C=O) groups is 2. The van der Waals surface area contributed by atoms with Crippen LogP contribution in [0, 0.1) is 5.92 Å². The standard InChI is InChI=1S/C17H23N3O3S/c21-16(20-8-9-24-12-20)14-10-18-7-6-15(14)19-17(22)23-11-13-4-2-1-3-5-13/h1-5,14-15,18H,6-12H2,(H,19,22)/t14-,15-/m0/s1. The topological polar surface area (TPSA) is 70.7 Å². The zero-order valence-electron chi connectivity index (χ0n) is 13.6. The summed E-state index contributed by atoms with van der Waals surface area (Å²) in [5.74, 6) is 1.64. The quantitative estimate of drug-likeness (QED) is 0.860. The number of ether oxygens (including phenoxy) is 1. The number of alkyl carbamates (subject to hydrolysis) is 1. The number of benzene rings is 1. The number of carbonyl (C=O) groups excluding carboxylic acids is 2. The Balaban J connectivity index is 1.53. The van der Waals surface area contributed by atoms with Gasteiger partial charge < -0.3 is 20.3 Å². The molecule has 130 valence electrons. The van der Waals surface area contributed by atoms with Gasteiger partial charge in [-0.25, -0.2) is 4.79 Å². The van der Waals surface area contributed by atoms with Gasteiger partial charge in [-0.2, -0.15) is 0 Å². The van der Waals surface area contributed by atoms with Crippen LogP contribution in [-0.4, -0.2) is 54.2 Å². The molecule has 0 spiro atoms. The highest BCUT2D eigenvalue weighted by Crippen LogP contribution is 2.20. The number of hydrogen-bond acceptors (Lipinski definition) is 5. The molecule has 24 heavy (non-hydrogen) atoms. The van der Waals surface area contributed by atoms with Gasteiger partial charge in [-0.15, -0.1) is 11.8 Å². The molecule has 2 saturated heterocycles. The molecule has 2 aliphatic rings. The van der Waals surface area contributed by atoms with E-state index in [0.29, 0.717) is 6.54 Å². The summed E-state index contributed by atoms with van der Waals surface area (Å²) < 4.78 is 5.28. The van der Waals surface area contributed by atoms with Crippen LogP contribution in [0.2, 0.25) is 0 Å². The maximum atomic E-state index is 12.7. The smallest absolute Gasteiger partial charge is 0.407 e. The summed E-state index contributed by atoms with van der Waals surface area (Å²) in [6.07, 6.45) is 0.275. The lowest BCUT2D eigenvalue weighted by atomic mass is 9.92. The fourth-order valence-electron chi connectivity index (χ4n) is 3.03. The van der Waals surface area contributed by atoms with E-state index in [4.69, 9.17) is 4.74 Å². The van der Waals surface area contributed by atoms with Crippen LogP contribution in [0.4, 0.5) is 4.79 Å². The van der Waals surface area contributed by atoms with Crippen molar-refractivity contribution in [3.63, 3.8) is 0 Å². The van der Waals surface area contributed by atoms with Crippen molar-refractivity contribution in [2.45, 2.75) is 19.1 Å². The van der Waals surface area contributed by atoms with E-state index in [-0.39, 0.29) is 24.5 Å². The molecule has 2 N–H and O–H groups in total. The van der Waals surface area contributed by atoms with E-state index < -0.39 is 6.09 Å². The Kier molecular flexibility index (Phi) is 5.98. The lowest BCUT2D eigenvalue weighted by Crippen LogP contribution is -2.55. The van der Waals surface area contributed by atoms with Crippen molar-refractivity contribution in [2.24, 2.45) is 5.92 Å². The zero-order valence-corrected chi connectivity index (χ0v) is 14.4. The minimum absolute atomic E-state index is 0.126. The maximum absolute atomic E-state index is 12.7. The van der Waals surface area contributed by atoms with Crippen LogP contribution in [0.5, 0.6) is 0 Å². The van der Waals surface area contributed by atoms with Crippen LogP contribution in [0.1, 0.15) is 12.0 Å². The summed E-state index contributed by atoms with van der Waals surface area (Å²) >= 11 is 1.77. The molecule has 0 saturated carbocycles. The number of nitrogens with zero attached hydrogens (tertiary/aromatic N) is 1. The molecule has 0 aromatic heterocycles. The zero-order chi connectivity index (χ0) is 16.8. The van der Waals surface area contributed by atoms with E-state index in [2.05, 4.69) is 10.6 Å². The third kappa shape index (κ3) is 4.42. The Bertz CT molecular complexity index is 563. The summed E-state index contributed by atoms with van der Waals surface area (Å²) in [6.45, 7) is 2.43. The van der Waals surface area contributed by atoms with E-state index in [1.165, 1.54) is 0 Å². The second-order valence-corrected chi connectivity index (χ2v) is 7.13. The summed E-state index contributed by atoms with van der Waals surface area (Å²) in [4.78, 5) is 26.6. The SMILES string of the molecule is O=C(N[C@H]1CCNC[C@@H]1C(=O)N1CCSC1)OCc1ccccc1. The van der Waals surface area contributed by atoms with Crippen molar-refractivity contribution in [1.82, 2.24) is 15.5 Å². The van der Waals surface area contributed by atoms with Gasteiger partial charge in [-0.05, 0) is 18.5 Å². The Morgan fingerprint density at radius 3 is 2.92 bits per heavy atom. The Labute approximate surface area is 146 Å². The molecule has 2 amide bonds. The van der Waals surface area contributed by atoms with Crippen molar-refractivity contribution < 1.29 is 14.3 Å². The van der Waals surface area contributed by atoms with E-state index in [9.17, 15) is 9.59 Å². The Morgan fingerprint density at radius 1 is 1.33 bits per heavy atom. The monoisotopic (exact) mass is 349 g/mol. The van der Waals surface area contributed by atoms with Crippen molar-refractivity contribution >= 4 is 23.8 Å². The summed E-state index contributed by atoms with van der Waals surface area (Å²) in [6, 6.07) is 9.39. The molecule has 2 heterocycles. The van der Waals surface area contributed by atoms with Gasteiger partial charge >= 0.3 is 6.09 Å². The highest BCUT2D eigenvalue weighted by molar-refractivity contribution is 7.99. The number of rotatable bonds is 4. The predicted octanol–water partition coefficient (Wildman–Crippen LogP) is 1.42. The third-order valence-corrected chi connectivity index (χ3v) is 5.35. The van der Waals surface area contributed by atoms with Gasteiger partial charge in [-0.3, -0.25) is 4.79 Å². The Morgan fingerprint density at radius 2 is 2.17 bits per heavy atom. The molecule has 1 aromatic carbocycles. The highest BCUT2D eigenvalue weighted by atomic mass is 32.2. The number of nitrogens with one attached hydrogen (secondary N) is 2. The van der Waals surface area contributed by atoms with E-state index >= 15 is 0 Å². The molecular formula is C17H23N3O3S. The first-order valence-corrected chi connectivity index (χ1v) is 9.44. The molecule has 0 bridgehead atoms. The second kappa shape index (κ2) is 8.39. The van der Waals surface area contributed by atoms with Gasteiger partial charge in [0.05, 0.1) is 11.8 Å². The predicted molar refractivity (Wildman–Crippen MR) is 93.6 cm³/mol. The van der Waals surface area contributed by atoms with Crippen LogP contribution in [0.25, 0.3) is 0 Å². The van der Waals surface area contributed by atoms with Gasteiger partial charge in [0, 0.05) is 24.9 Å². The first kappa shape index (κ1) is 17.1. The fraction of sp³-hybridized carbons (Fsp3) is 0.529. The van der Waals surface area contributed by atoms with Crippen molar-refractivity contribution in [3.05, 3.63) is 35.9 Å². The molecule has 6 nitrogen and oxygen atoms in total. The minimum atomic E-state index is -0.459. The number of hydrogen-bond donors (Lipinski definition) is 2. The van der Waals surface area contributed by atoms with Crippen molar-refractivity contribution in [1.29, 1.82) is 0 Å². The van der Waals surface area contributed by atoms with Crippen molar-refractivity contribution in [3.8, 4) is 0 Å². The Hall–Kier alpha value is -1.73. The molecule has 7 heteroatoms. The molecule has 0 unspecified atom stereocenters. The van der Waals surface area contributed by atoms with Gasteiger partial charge in [0.1, 0.15) is 6.61 Å². The first-order valence-electron chi connectivity index (χ1n) is 8.28. The molecule has 2 atom stereocenters. The molecule has 1 aromatic rings. The van der Waals surface area contributed by atoms with Crippen LogP contribution >= 0.6 is 11.8 Å². The highest BCUT2D eigenvalue weighted by Gasteiger charge is 2.35. The molecule has 3 rings (SSSR count). The van der Waals surface area contributed by atoms with Crippen molar-refractivity contribution in [2.75, 3.05) is 31.3 Å². The second-order valence-electron chi connectivity index (χ2n) is 6.05. The third-order valence-electron chi connectivity index (χ3n) is 4.38. The normalized spacial score (nSPS) is 23.8. The maximum Gasteiger partial charge on any atom is 0.407 e. The minimum Gasteiger partial charge on any atom is -0.445 e. The van der Waals surface area contributed by atoms with E-state index in [1.54, 1.807) is 11.8 Å². The molecule has 0 aliphatic carbocycles. The largest absolute Gasteiger partial charge is 0.445 e. The number of thioether (sulfide) groups is 1. The van der Waals surface area contributed by atoms with Gasteiger partial charge in [0.25, 0.3) is 0 Å². The van der Waals surface area contributed by atoms with Crippen LogP contribution < -0.4 is 10.6 Å². The first-order chi connectivity index (χ1) is 11.7.